The van der Waals surface area contributed by atoms with E-state index < -0.39 is 0 Å². The average Bonchev–Trinajstić information content (AvgIpc) is 2.50. The Morgan fingerprint density at radius 1 is 0.667 bits per heavy atom. The first kappa shape index (κ1) is 19.6. The summed E-state index contributed by atoms with van der Waals surface area (Å²) in [7, 11) is 0. The Labute approximate surface area is 131 Å². The highest BCUT2D eigenvalue weighted by atomic mass is 16.1. The Kier molecular flexibility index (Phi) is 17.4. The third-order valence-electron chi connectivity index (χ3n) is 3.33. The molecule has 0 N–H and O–H groups in total. The van der Waals surface area contributed by atoms with Gasteiger partial charge in [-0.15, -0.1) is 0 Å². The molecule has 1 heteroatoms. The standard InChI is InChI=1S/C20H31O/c1-2-3-4-5-6-7-8-9-10-11-12-13-14-15-16-17-18-19-20-21/h12-19H,2-11H2,1H3/b13-12+,15-14+,17-16+,19-18+. The van der Waals surface area contributed by atoms with E-state index in [4.69, 9.17) is 0 Å². The Hall–Kier alpha value is -1.37. The summed E-state index contributed by atoms with van der Waals surface area (Å²) in [6, 6.07) is 0. The molecule has 0 amide bonds. The van der Waals surface area contributed by atoms with Crippen LogP contribution in [0.1, 0.15) is 71.1 Å². The predicted octanol–water partition coefficient (Wildman–Crippen LogP) is 6.24. The van der Waals surface area contributed by atoms with E-state index >= 15 is 0 Å². The first-order chi connectivity index (χ1) is 10.4. The highest BCUT2D eigenvalue weighted by Crippen LogP contribution is 2.10. The van der Waals surface area contributed by atoms with Gasteiger partial charge >= 0.3 is 0 Å². The van der Waals surface area contributed by atoms with Crippen molar-refractivity contribution in [3.8, 4) is 0 Å². The van der Waals surface area contributed by atoms with Crippen LogP contribution in [0.15, 0.2) is 48.6 Å². The molecule has 1 nitrogen and oxygen atoms in total. The molecule has 0 aliphatic heterocycles. The van der Waals surface area contributed by atoms with E-state index in [0.29, 0.717) is 0 Å². The Bertz CT molecular complexity index is 321. The minimum atomic E-state index is 1.17. The molecule has 0 saturated carbocycles. The van der Waals surface area contributed by atoms with Crippen LogP contribution in [0, 0.1) is 0 Å². The Morgan fingerprint density at radius 3 is 1.81 bits per heavy atom. The van der Waals surface area contributed by atoms with E-state index in [1.165, 1.54) is 70.3 Å². The number of hydrogen-bond acceptors (Lipinski definition) is 1. The second-order valence-corrected chi connectivity index (χ2v) is 5.29. The fraction of sp³-hybridized carbons (Fsp3) is 0.550. The second kappa shape index (κ2) is 18.6. The summed E-state index contributed by atoms with van der Waals surface area (Å²) in [6.07, 6.45) is 30.3. The molecule has 0 saturated heterocycles. The first-order valence-electron chi connectivity index (χ1n) is 8.44. The largest absolute Gasteiger partial charge is 0.286 e. The third-order valence-corrected chi connectivity index (χ3v) is 3.33. The lowest BCUT2D eigenvalue weighted by Gasteiger charge is -2.00. The molecule has 0 aromatic rings. The minimum Gasteiger partial charge on any atom is -0.286 e. The molecule has 0 fully saturated rings. The van der Waals surface area contributed by atoms with Crippen molar-refractivity contribution in [1.29, 1.82) is 0 Å². The molecule has 117 valence electrons. The van der Waals surface area contributed by atoms with E-state index in [-0.39, 0.29) is 0 Å². The summed E-state index contributed by atoms with van der Waals surface area (Å²) in [5.74, 6) is 0. The molecule has 0 bridgehead atoms. The molecule has 0 aromatic carbocycles. The van der Waals surface area contributed by atoms with Gasteiger partial charge in [0.05, 0.1) is 0 Å². The van der Waals surface area contributed by atoms with Crippen LogP contribution in [0.5, 0.6) is 0 Å². The molecular weight excluding hydrogens is 256 g/mol. The Morgan fingerprint density at radius 2 is 1.19 bits per heavy atom. The highest BCUT2D eigenvalue weighted by Gasteiger charge is 1.90. The van der Waals surface area contributed by atoms with E-state index in [1.807, 2.05) is 24.3 Å². The molecule has 0 rings (SSSR count). The van der Waals surface area contributed by atoms with Crippen LogP contribution in [-0.4, -0.2) is 6.29 Å². The van der Waals surface area contributed by atoms with Gasteiger partial charge in [-0.1, -0.05) is 101 Å². The van der Waals surface area contributed by atoms with Gasteiger partial charge in [-0.25, -0.2) is 0 Å². The van der Waals surface area contributed by atoms with Gasteiger partial charge in [-0.3, -0.25) is 4.79 Å². The van der Waals surface area contributed by atoms with E-state index in [0.717, 1.165) is 0 Å². The third kappa shape index (κ3) is 18.6. The predicted molar refractivity (Wildman–Crippen MR) is 94.1 cm³/mol. The van der Waals surface area contributed by atoms with Crippen molar-refractivity contribution in [3.05, 3.63) is 48.6 Å². The van der Waals surface area contributed by atoms with E-state index in [9.17, 15) is 4.79 Å². The van der Waals surface area contributed by atoms with Crippen molar-refractivity contribution in [1.82, 2.24) is 0 Å². The van der Waals surface area contributed by atoms with Gasteiger partial charge in [-0.2, -0.15) is 0 Å². The number of rotatable bonds is 14. The lowest BCUT2D eigenvalue weighted by molar-refractivity contribution is 0.564. The van der Waals surface area contributed by atoms with Crippen molar-refractivity contribution < 1.29 is 4.79 Å². The molecule has 0 aliphatic rings. The van der Waals surface area contributed by atoms with Gasteiger partial charge in [0.1, 0.15) is 0 Å². The fourth-order valence-corrected chi connectivity index (χ4v) is 2.10. The summed E-state index contributed by atoms with van der Waals surface area (Å²) in [6.45, 7) is 2.27. The van der Waals surface area contributed by atoms with Crippen molar-refractivity contribution in [2.24, 2.45) is 0 Å². The van der Waals surface area contributed by atoms with Gasteiger partial charge in [0, 0.05) is 0 Å². The lowest BCUT2D eigenvalue weighted by atomic mass is 10.1. The summed E-state index contributed by atoms with van der Waals surface area (Å²) in [5, 5.41) is 0. The fourth-order valence-electron chi connectivity index (χ4n) is 2.10. The van der Waals surface area contributed by atoms with Crippen LogP contribution < -0.4 is 0 Å². The normalized spacial score (nSPS) is 12.4. The van der Waals surface area contributed by atoms with Gasteiger partial charge in [0.25, 0.3) is 0 Å². The second-order valence-electron chi connectivity index (χ2n) is 5.29. The molecule has 0 aliphatic carbocycles. The van der Waals surface area contributed by atoms with Gasteiger partial charge < -0.3 is 0 Å². The number of allylic oxidation sites excluding steroid dienone is 8. The zero-order chi connectivity index (χ0) is 15.4. The maximum atomic E-state index is 9.89. The molecule has 1 radical (unpaired) electrons. The van der Waals surface area contributed by atoms with Crippen LogP contribution in [0.4, 0.5) is 0 Å². The van der Waals surface area contributed by atoms with Gasteiger partial charge in [0.2, 0.25) is 6.29 Å². The zero-order valence-electron chi connectivity index (χ0n) is 13.6. The van der Waals surface area contributed by atoms with Crippen molar-refractivity contribution in [2.75, 3.05) is 0 Å². The molecule has 21 heavy (non-hydrogen) atoms. The summed E-state index contributed by atoms with van der Waals surface area (Å²) >= 11 is 0. The molecule has 0 aromatic heterocycles. The van der Waals surface area contributed by atoms with E-state index in [1.54, 1.807) is 12.4 Å². The van der Waals surface area contributed by atoms with Crippen molar-refractivity contribution in [2.45, 2.75) is 71.1 Å². The van der Waals surface area contributed by atoms with Crippen LogP contribution in [0.2, 0.25) is 0 Å². The first-order valence-corrected chi connectivity index (χ1v) is 8.44. The quantitative estimate of drug-likeness (QED) is 0.210. The van der Waals surface area contributed by atoms with Crippen LogP contribution in [-0.2, 0) is 4.79 Å². The van der Waals surface area contributed by atoms with Crippen molar-refractivity contribution >= 4 is 6.29 Å². The SMILES string of the molecule is CCCCCCCCCCC/C=C/C=C/C=C/C=C/[C]=O. The monoisotopic (exact) mass is 287 g/mol. The smallest absolute Gasteiger partial charge is 0.225 e. The molecule has 0 heterocycles. The lowest BCUT2D eigenvalue weighted by Crippen LogP contribution is -1.80. The summed E-state index contributed by atoms with van der Waals surface area (Å²) in [5.41, 5.74) is 0. The van der Waals surface area contributed by atoms with Crippen LogP contribution in [0.3, 0.4) is 0 Å². The minimum absolute atomic E-state index is 1.17. The molecule has 0 atom stereocenters. The van der Waals surface area contributed by atoms with Gasteiger partial charge in [0.15, 0.2) is 0 Å². The highest BCUT2D eigenvalue weighted by molar-refractivity contribution is 5.66. The average molecular weight is 287 g/mol. The maximum absolute atomic E-state index is 9.89. The number of carbonyl (C=O) groups excluding carboxylic acids is 1. The summed E-state index contributed by atoms with van der Waals surface area (Å²) < 4.78 is 0. The van der Waals surface area contributed by atoms with Crippen LogP contribution >= 0.6 is 0 Å². The van der Waals surface area contributed by atoms with Crippen molar-refractivity contribution in [3.63, 3.8) is 0 Å². The molecular formula is C20H31O. The maximum Gasteiger partial charge on any atom is 0.225 e. The van der Waals surface area contributed by atoms with E-state index in [2.05, 4.69) is 19.1 Å². The molecule has 0 unspecified atom stereocenters. The number of hydrogen-bond donors (Lipinski definition) is 0. The zero-order valence-corrected chi connectivity index (χ0v) is 13.6. The van der Waals surface area contributed by atoms with Crippen LogP contribution in [0.25, 0.3) is 0 Å². The molecule has 0 spiro atoms. The Balaban J connectivity index is 3.28. The number of unbranched alkanes of at least 4 members (excludes halogenated alkanes) is 9. The summed E-state index contributed by atoms with van der Waals surface area (Å²) in [4.78, 5) is 9.89. The van der Waals surface area contributed by atoms with Gasteiger partial charge in [-0.05, 0) is 18.9 Å². The topological polar surface area (TPSA) is 17.1 Å².